The molecule has 1 saturated heterocycles. The third-order valence-electron chi connectivity index (χ3n) is 4.30. The van der Waals surface area contributed by atoms with Gasteiger partial charge in [0.1, 0.15) is 5.69 Å². The topological polar surface area (TPSA) is 113 Å². The zero-order chi connectivity index (χ0) is 18.6. The van der Waals surface area contributed by atoms with Crippen LogP contribution in [0.2, 0.25) is 0 Å². The van der Waals surface area contributed by atoms with Gasteiger partial charge in [0.05, 0.1) is 24.0 Å². The summed E-state index contributed by atoms with van der Waals surface area (Å²) in [6, 6.07) is 5.73. The number of ether oxygens (including phenoxy) is 1. The van der Waals surface area contributed by atoms with Gasteiger partial charge >= 0.3 is 5.97 Å². The van der Waals surface area contributed by atoms with E-state index in [-0.39, 0.29) is 30.7 Å². The molecule has 0 aliphatic carbocycles. The van der Waals surface area contributed by atoms with Crippen molar-refractivity contribution in [1.82, 2.24) is 4.90 Å². The Morgan fingerprint density at radius 2 is 2.12 bits per heavy atom. The predicted molar refractivity (Wildman–Crippen MR) is 89.5 cm³/mol. The fraction of sp³-hybridized carbons (Fsp3) is 0.500. The van der Waals surface area contributed by atoms with Crippen molar-refractivity contribution < 1.29 is 24.4 Å². The number of likely N-dealkylation sites (N-methyl/N-ethyl adjacent to an activating group) is 1. The Hall–Kier alpha value is -2.68. The van der Waals surface area contributed by atoms with Crippen LogP contribution in [0.5, 0.6) is 0 Å². The number of nitrogens with zero attached hydrogens (tertiary/aromatic N) is 3. The maximum Gasteiger partial charge on any atom is 0.305 e. The van der Waals surface area contributed by atoms with Crippen molar-refractivity contribution >= 4 is 23.3 Å². The third-order valence-corrected chi connectivity index (χ3v) is 4.30. The summed E-state index contributed by atoms with van der Waals surface area (Å²) in [6.07, 6.45) is 0.106. The number of carbonyl (C=O) groups excluding carboxylic acids is 1. The molecule has 0 saturated carbocycles. The highest BCUT2D eigenvalue weighted by atomic mass is 16.6. The molecule has 0 aromatic heterocycles. The number of methoxy groups -OCH3 is 1. The standard InChI is InChI=1S/C16H21N3O6/c1-17(13-5-3-4-6-14(13)19(23)24)10-15(20)18-9-12(25-2)7-11(18)8-16(21)22/h3-6,11-12H,7-10H2,1-2H3,(H,21,22). The first-order valence-electron chi connectivity index (χ1n) is 7.82. The Kier molecular flexibility index (Phi) is 5.92. The van der Waals surface area contributed by atoms with E-state index >= 15 is 0 Å². The van der Waals surface area contributed by atoms with Crippen LogP contribution in [-0.2, 0) is 14.3 Å². The van der Waals surface area contributed by atoms with Gasteiger partial charge in [-0.2, -0.15) is 0 Å². The largest absolute Gasteiger partial charge is 0.481 e. The second-order valence-corrected chi connectivity index (χ2v) is 5.99. The van der Waals surface area contributed by atoms with Gasteiger partial charge in [-0.25, -0.2) is 0 Å². The number of carbonyl (C=O) groups is 2. The molecule has 1 aliphatic rings. The number of likely N-dealkylation sites (tertiary alicyclic amines) is 1. The molecule has 9 nitrogen and oxygen atoms in total. The number of nitro groups is 1. The van der Waals surface area contributed by atoms with E-state index in [4.69, 9.17) is 9.84 Å². The Morgan fingerprint density at radius 1 is 1.44 bits per heavy atom. The molecule has 1 fully saturated rings. The van der Waals surface area contributed by atoms with E-state index in [0.717, 1.165) is 0 Å². The summed E-state index contributed by atoms with van der Waals surface area (Å²) < 4.78 is 5.25. The SMILES string of the molecule is COC1CC(CC(=O)O)N(C(=O)CN(C)c2ccccc2[N+](=O)[O-])C1. The molecule has 0 bridgehead atoms. The molecule has 2 rings (SSSR count). The van der Waals surface area contributed by atoms with Crippen LogP contribution in [0.4, 0.5) is 11.4 Å². The molecule has 1 heterocycles. The lowest BCUT2D eigenvalue weighted by molar-refractivity contribution is -0.384. The van der Waals surface area contributed by atoms with Crippen LogP contribution in [0, 0.1) is 10.1 Å². The molecule has 0 spiro atoms. The number of nitro benzene ring substituents is 1. The van der Waals surface area contributed by atoms with Crippen LogP contribution in [0.15, 0.2) is 24.3 Å². The summed E-state index contributed by atoms with van der Waals surface area (Å²) >= 11 is 0. The number of anilines is 1. The highest BCUT2D eigenvalue weighted by Crippen LogP contribution is 2.28. The number of amides is 1. The number of benzene rings is 1. The van der Waals surface area contributed by atoms with Crippen LogP contribution in [0.1, 0.15) is 12.8 Å². The van der Waals surface area contributed by atoms with Crippen molar-refractivity contribution in [3.8, 4) is 0 Å². The number of carboxylic acid groups (broad SMARTS) is 1. The molecule has 1 N–H and O–H groups in total. The zero-order valence-electron chi connectivity index (χ0n) is 14.1. The summed E-state index contributed by atoms with van der Waals surface area (Å²) in [5.41, 5.74) is 0.245. The summed E-state index contributed by atoms with van der Waals surface area (Å²) in [4.78, 5) is 37.3. The van der Waals surface area contributed by atoms with Gasteiger partial charge in [0.2, 0.25) is 5.91 Å². The normalized spacial score (nSPS) is 19.7. The van der Waals surface area contributed by atoms with Crippen LogP contribution in [0.25, 0.3) is 0 Å². The van der Waals surface area contributed by atoms with Gasteiger partial charge in [-0.05, 0) is 12.5 Å². The molecule has 2 unspecified atom stereocenters. The molecule has 0 radical (unpaired) electrons. The molecule has 1 amide bonds. The number of para-hydroxylation sites is 2. The quantitative estimate of drug-likeness (QED) is 0.578. The highest BCUT2D eigenvalue weighted by Gasteiger charge is 2.37. The number of rotatable bonds is 7. The molecule has 1 aromatic rings. The molecular weight excluding hydrogens is 330 g/mol. The third kappa shape index (κ3) is 4.44. The van der Waals surface area contributed by atoms with E-state index < -0.39 is 16.9 Å². The van der Waals surface area contributed by atoms with Crippen molar-refractivity contribution in [2.45, 2.75) is 25.0 Å². The molecular formula is C16H21N3O6. The minimum absolute atomic E-state index is 0.0859. The summed E-state index contributed by atoms with van der Waals surface area (Å²) in [5, 5.41) is 20.2. The van der Waals surface area contributed by atoms with E-state index in [1.165, 1.54) is 23.0 Å². The van der Waals surface area contributed by atoms with Crippen molar-refractivity contribution in [3.05, 3.63) is 34.4 Å². The van der Waals surface area contributed by atoms with Crippen molar-refractivity contribution in [2.24, 2.45) is 0 Å². The maximum absolute atomic E-state index is 12.6. The van der Waals surface area contributed by atoms with E-state index in [2.05, 4.69) is 0 Å². The molecule has 1 aliphatic heterocycles. The Morgan fingerprint density at radius 3 is 2.72 bits per heavy atom. The lowest BCUT2D eigenvalue weighted by Crippen LogP contribution is -2.43. The van der Waals surface area contributed by atoms with Crippen LogP contribution in [0.3, 0.4) is 0 Å². The van der Waals surface area contributed by atoms with Gasteiger partial charge in [-0.1, -0.05) is 12.1 Å². The van der Waals surface area contributed by atoms with Gasteiger partial charge < -0.3 is 19.6 Å². The van der Waals surface area contributed by atoms with E-state index in [0.29, 0.717) is 18.7 Å². The molecule has 1 aromatic carbocycles. The zero-order valence-corrected chi connectivity index (χ0v) is 14.1. The first-order chi connectivity index (χ1) is 11.8. The second kappa shape index (κ2) is 7.93. The average Bonchev–Trinajstić information content (AvgIpc) is 2.97. The number of hydrogen-bond acceptors (Lipinski definition) is 6. The Balaban J connectivity index is 2.12. The Labute approximate surface area is 144 Å². The lowest BCUT2D eigenvalue weighted by atomic mass is 10.1. The monoisotopic (exact) mass is 351 g/mol. The van der Waals surface area contributed by atoms with E-state index in [1.54, 1.807) is 25.2 Å². The van der Waals surface area contributed by atoms with Crippen molar-refractivity contribution in [3.63, 3.8) is 0 Å². The van der Waals surface area contributed by atoms with Gasteiger partial charge in [-0.15, -0.1) is 0 Å². The Bertz CT molecular complexity index is 665. The highest BCUT2D eigenvalue weighted by molar-refractivity contribution is 5.83. The minimum Gasteiger partial charge on any atom is -0.481 e. The predicted octanol–water partition coefficient (Wildman–Crippen LogP) is 1.12. The van der Waals surface area contributed by atoms with Crippen molar-refractivity contribution in [1.29, 1.82) is 0 Å². The van der Waals surface area contributed by atoms with E-state index in [9.17, 15) is 19.7 Å². The minimum atomic E-state index is -0.980. The van der Waals surface area contributed by atoms with Crippen LogP contribution >= 0.6 is 0 Å². The van der Waals surface area contributed by atoms with E-state index in [1.807, 2.05) is 0 Å². The molecule has 9 heteroatoms. The summed E-state index contributed by atoms with van der Waals surface area (Å²) in [6.45, 7) is 0.232. The lowest BCUT2D eigenvalue weighted by Gasteiger charge is -2.26. The summed E-state index contributed by atoms with van der Waals surface area (Å²) in [7, 11) is 3.12. The molecule has 2 atom stereocenters. The fourth-order valence-electron chi connectivity index (χ4n) is 3.07. The molecule has 25 heavy (non-hydrogen) atoms. The summed E-state index contributed by atoms with van der Waals surface area (Å²) in [5.74, 6) is -1.27. The fourth-order valence-corrected chi connectivity index (χ4v) is 3.07. The number of aliphatic carboxylic acids is 1. The van der Waals surface area contributed by atoms with Gasteiger partial charge in [0.25, 0.3) is 5.69 Å². The van der Waals surface area contributed by atoms with Gasteiger partial charge in [0, 0.05) is 32.8 Å². The van der Waals surface area contributed by atoms with Crippen molar-refractivity contribution in [2.75, 3.05) is 32.1 Å². The maximum atomic E-state index is 12.6. The number of carboxylic acids is 1. The van der Waals surface area contributed by atoms with Gasteiger partial charge in [0.15, 0.2) is 0 Å². The first-order valence-corrected chi connectivity index (χ1v) is 7.82. The first kappa shape index (κ1) is 18.7. The molecule has 136 valence electrons. The number of hydrogen-bond donors (Lipinski definition) is 1. The average molecular weight is 351 g/mol. The second-order valence-electron chi connectivity index (χ2n) is 5.99. The smallest absolute Gasteiger partial charge is 0.305 e. The van der Waals surface area contributed by atoms with Crippen LogP contribution < -0.4 is 4.90 Å². The van der Waals surface area contributed by atoms with Gasteiger partial charge in [-0.3, -0.25) is 19.7 Å². The van der Waals surface area contributed by atoms with Crippen LogP contribution in [-0.4, -0.2) is 66.2 Å².